The van der Waals surface area contributed by atoms with Crippen LogP contribution in [0, 0.1) is 20.8 Å². The monoisotopic (exact) mass is 527 g/mol. The van der Waals surface area contributed by atoms with Crippen LogP contribution in [0.15, 0.2) is 42.5 Å². The van der Waals surface area contributed by atoms with Gasteiger partial charge < -0.3 is 10.2 Å². The molecule has 3 rings (SSSR count). The van der Waals surface area contributed by atoms with E-state index in [0.29, 0.717) is 12.1 Å². The van der Waals surface area contributed by atoms with E-state index in [1.807, 2.05) is 58.0 Å². The number of benzene rings is 2. The van der Waals surface area contributed by atoms with Gasteiger partial charge in [0, 0.05) is 12.6 Å². The molecule has 1 aliphatic rings. The van der Waals surface area contributed by atoms with Gasteiger partial charge in [-0.2, -0.15) is 0 Å². The van der Waals surface area contributed by atoms with Gasteiger partial charge in [-0.1, -0.05) is 62.6 Å². The molecule has 37 heavy (non-hydrogen) atoms. The van der Waals surface area contributed by atoms with Crippen LogP contribution in [-0.2, 0) is 26.2 Å². The highest BCUT2D eigenvalue weighted by Gasteiger charge is 2.33. The first-order chi connectivity index (χ1) is 17.5. The van der Waals surface area contributed by atoms with Crippen LogP contribution in [0.5, 0.6) is 0 Å². The molecule has 1 fully saturated rings. The standard InChI is InChI=1S/C29H41N3O4S/c1-6-26(29(34)30-25-16-8-7-9-17-25)31(19-24-15-11-10-13-22(24)3)28(33)20-32(37(5,35)36)27-18-12-14-21(2)23(27)4/h10-15,18,25-26H,6-9,16-17,19-20H2,1-5H3,(H,30,34)/t26-/m0/s1. The van der Waals surface area contributed by atoms with Gasteiger partial charge in [0.05, 0.1) is 11.9 Å². The Hall–Kier alpha value is -2.87. The second-order valence-electron chi connectivity index (χ2n) is 10.2. The lowest BCUT2D eigenvalue weighted by Crippen LogP contribution is -2.54. The minimum Gasteiger partial charge on any atom is -0.352 e. The smallest absolute Gasteiger partial charge is 0.244 e. The van der Waals surface area contributed by atoms with E-state index in [1.165, 1.54) is 6.42 Å². The van der Waals surface area contributed by atoms with Crippen molar-refractivity contribution in [3.8, 4) is 0 Å². The van der Waals surface area contributed by atoms with Crippen LogP contribution < -0.4 is 9.62 Å². The lowest BCUT2D eigenvalue weighted by Gasteiger charge is -2.34. The van der Waals surface area contributed by atoms with Crippen LogP contribution in [0.25, 0.3) is 0 Å². The largest absolute Gasteiger partial charge is 0.352 e. The lowest BCUT2D eigenvalue weighted by atomic mass is 9.95. The number of rotatable bonds is 10. The molecule has 1 aliphatic carbocycles. The quantitative estimate of drug-likeness (QED) is 0.488. The molecule has 202 valence electrons. The molecule has 0 heterocycles. The summed E-state index contributed by atoms with van der Waals surface area (Å²) >= 11 is 0. The number of hydrogen-bond donors (Lipinski definition) is 1. The van der Waals surface area contributed by atoms with Crippen LogP contribution >= 0.6 is 0 Å². The van der Waals surface area contributed by atoms with E-state index in [4.69, 9.17) is 0 Å². The molecular weight excluding hydrogens is 486 g/mol. The van der Waals surface area contributed by atoms with Gasteiger partial charge in [0.1, 0.15) is 12.6 Å². The molecule has 2 aromatic carbocycles. The Morgan fingerprint density at radius 1 is 0.973 bits per heavy atom. The average molecular weight is 528 g/mol. The first-order valence-electron chi connectivity index (χ1n) is 13.2. The Morgan fingerprint density at radius 2 is 1.62 bits per heavy atom. The Bertz CT molecular complexity index is 1210. The molecule has 1 atom stereocenters. The molecule has 1 saturated carbocycles. The molecule has 0 unspecified atom stereocenters. The molecule has 0 radical (unpaired) electrons. The van der Waals surface area contributed by atoms with E-state index < -0.39 is 22.0 Å². The minimum absolute atomic E-state index is 0.119. The van der Waals surface area contributed by atoms with Gasteiger partial charge in [-0.25, -0.2) is 8.42 Å². The molecule has 7 nitrogen and oxygen atoms in total. The zero-order valence-electron chi connectivity index (χ0n) is 22.8. The Kier molecular flexibility index (Phi) is 9.76. The number of carbonyl (C=O) groups is 2. The summed E-state index contributed by atoms with van der Waals surface area (Å²) in [7, 11) is -3.76. The summed E-state index contributed by atoms with van der Waals surface area (Å²) in [6.45, 7) is 7.48. The van der Waals surface area contributed by atoms with Crippen molar-refractivity contribution in [1.82, 2.24) is 10.2 Å². The molecule has 0 saturated heterocycles. The van der Waals surface area contributed by atoms with Crippen LogP contribution in [0.4, 0.5) is 5.69 Å². The highest BCUT2D eigenvalue weighted by Crippen LogP contribution is 2.26. The maximum Gasteiger partial charge on any atom is 0.244 e. The number of nitrogens with one attached hydrogen (secondary N) is 1. The highest BCUT2D eigenvalue weighted by atomic mass is 32.2. The number of aryl methyl sites for hydroxylation is 2. The summed E-state index contributed by atoms with van der Waals surface area (Å²) in [6, 6.07) is 12.6. The van der Waals surface area contributed by atoms with Gasteiger partial charge in [-0.15, -0.1) is 0 Å². The van der Waals surface area contributed by atoms with Crippen molar-refractivity contribution in [2.24, 2.45) is 0 Å². The molecule has 8 heteroatoms. The number of hydrogen-bond acceptors (Lipinski definition) is 4. The molecule has 1 N–H and O–H groups in total. The fraction of sp³-hybridized carbons (Fsp3) is 0.517. The normalized spacial score (nSPS) is 15.2. The number of amides is 2. The lowest BCUT2D eigenvalue weighted by molar-refractivity contribution is -0.140. The van der Waals surface area contributed by atoms with Crippen molar-refractivity contribution in [1.29, 1.82) is 0 Å². The molecule has 0 bridgehead atoms. The van der Waals surface area contributed by atoms with Crippen molar-refractivity contribution >= 4 is 27.5 Å². The summed E-state index contributed by atoms with van der Waals surface area (Å²) in [5.74, 6) is -0.575. The number of nitrogens with zero attached hydrogens (tertiary/aromatic N) is 2. The molecular formula is C29H41N3O4S. The zero-order valence-corrected chi connectivity index (χ0v) is 23.6. The third kappa shape index (κ3) is 7.34. The molecule has 0 aromatic heterocycles. The fourth-order valence-corrected chi connectivity index (χ4v) is 5.94. The number of carbonyl (C=O) groups excluding carboxylic acids is 2. The summed E-state index contributed by atoms with van der Waals surface area (Å²) < 4.78 is 26.9. The van der Waals surface area contributed by atoms with E-state index in [1.54, 1.807) is 17.0 Å². The Labute approximate surface area is 222 Å². The molecule has 2 amide bonds. The van der Waals surface area contributed by atoms with Gasteiger partial charge in [0.2, 0.25) is 21.8 Å². The predicted molar refractivity (Wildman–Crippen MR) is 149 cm³/mol. The van der Waals surface area contributed by atoms with Crippen LogP contribution in [0.2, 0.25) is 0 Å². The maximum atomic E-state index is 13.9. The van der Waals surface area contributed by atoms with Crippen LogP contribution in [0.1, 0.15) is 67.7 Å². The minimum atomic E-state index is -3.76. The third-order valence-corrected chi connectivity index (χ3v) is 8.59. The van der Waals surface area contributed by atoms with E-state index in [0.717, 1.165) is 58.5 Å². The first kappa shape index (κ1) is 28.7. The van der Waals surface area contributed by atoms with Crippen LogP contribution in [0.3, 0.4) is 0 Å². The van der Waals surface area contributed by atoms with Crippen molar-refractivity contribution in [3.63, 3.8) is 0 Å². The molecule has 2 aromatic rings. The number of sulfonamides is 1. The SMILES string of the molecule is CC[C@@H](C(=O)NC1CCCCC1)N(Cc1ccccc1C)C(=O)CN(c1cccc(C)c1C)S(C)(=O)=O. The van der Waals surface area contributed by atoms with Crippen molar-refractivity contribution in [2.45, 2.75) is 84.8 Å². The predicted octanol–water partition coefficient (Wildman–Crippen LogP) is 4.63. The Balaban J connectivity index is 1.95. The summed E-state index contributed by atoms with van der Waals surface area (Å²) in [4.78, 5) is 29.0. The highest BCUT2D eigenvalue weighted by molar-refractivity contribution is 7.92. The number of anilines is 1. The van der Waals surface area contributed by atoms with E-state index in [2.05, 4.69) is 5.32 Å². The Morgan fingerprint density at radius 3 is 2.24 bits per heavy atom. The first-order valence-corrected chi connectivity index (χ1v) is 15.1. The second-order valence-corrected chi connectivity index (χ2v) is 12.1. The topological polar surface area (TPSA) is 86.8 Å². The average Bonchev–Trinajstić information content (AvgIpc) is 2.85. The van der Waals surface area contributed by atoms with Gasteiger partial charge in [-0.3, -0.25) is 13.9 Å². The second kappa shape index (κ2) is 12.6. The van der Waals surface area contributed by atoms with Gasteiger partial charge in [0.15, 0.2) is 0 Å². The summed E-state index contributed by atoms with van der Waals surface area (Å²) in [5, 5.41) is 3.17. The van der Waals surface area contributed by atoms with Gasteiger partial charge in [-0.05, 0) is 68.4 Å². The van der Waals surface area contributed by atoms with Gasteiger partial charge >= 0.3 is 0 Å². The summed E-state index contributed by atoms with van der Waals surface area (Å²) in [6.07, 6.45) is 6.80. The van der Waals surface area contributed by atoms with Gasteiger partial charge in [0.25, 0.3) is 0 Å². The van der Waals surface area contributed by atoms with Crippen molar-refractivity contribution in [2.75, 3.05) is 17.1 Å². The van der Waals surface area contributed by atoms with Crippen molar-refractivity contribution < 1.29 is 18.0 Å². The maximum absolute atomic E-state index is 13.9. The van der Waals surface area contributed by atoms with E-state index in [9.17, 15) is 18.0 Å². The summed E-state index contributed by atoms with van der Waals surface area (Å²) in [5.41, 5.74) is 4.16. The van der Waals surface area contributed by atoms with E-state index >= 15 is 0 Å². The fourth-order valence-electron chi connectivity index (χ4n) is 5.04. The van der Waals surface area contributed by atoms with E-state index in [-0.39, 0.29) is 25.0 Å². The zero-order chi connectivity index (χ0) is 27.2. The molecule has 0 spiro atoms. The van der Waals surface area contributed by atoms with Crippen molar-refractivity contribution in [3.05, 3.63) is 64.7 Å². The van der Waals surface area contributed by atoms with Crippen LogP contribution in [-0.4, -0.2) is 50.0 Å². The molecule has 0 aliphatic heterocycles. The third-order valence-electron chi connectivity index (χ3n) is 7.46.